The van der Waals surface area contributed by atoms with Crippen molar-refractivity contribution in [2.45, 2.75) is 31.7 Å². The second-order valence-corrected chi connectivity index (χ2v) is 5.00. The molecule has 0 aromatic heterocycles. The van der Waals surface area contributed by atoms with Gasteiger partial charge in [0.25, 0.3) is 5.91 Å². The quantitative estimate of drug-likeness (QED) is 0.667. The van der Waals surface area contributed by atoms with Gasteiger partial charge in [-0.1, -0.05) is 31.9 Å². The van der Waals surface area contributed by atoms with E-state index in [-0.39, 0.29) is 6.54 Å². The first-order chi connectivity index (χ1) is 10.0. The van der Waals surface area contributed by atoms with E-state index in [1.807, 2.05) is 13.0 Å². The van der Waals surface area contributed by atoms with Gasteiger partial charge in [0, 0.05) is 0 Å². The van der Waals surface area contributed by atoms with Crippen LogP contribution in [0.15, 0.2) is 24.3 Å². The minimum atomic E-state index is -1.20. The summed E-state index contributed by atoms with van der Waals surface area (Å²) in [6.07, 6.45) is 2.00. The van der Waals surface area contributed by atoms with Crippen molar-refractivity contribution in [2.75, 3.05) is 6.54 Å². The Morgan fingerprint density at radius 1 is 1.33 bits per heavy atom. The summed E-state index contributed by atoms with van der Waals surface area (Å²) < 4.78 is 13.1. The monoisotopic (exact) mass is 289 g/mol. The second kappa shape index (κ2) is 5.92. The van der Waals surface area contributed by atoms with Crippen LogP contribution in [0.1, 0.15) is 31.7 Å². The summed E-state index contributed by atoms with van der Waals surface area (Å²) in [6, 6.07) is 6.74. The van der Waals surface area contributed by atoms with Gasteiger partial charge in [0.2, 0.25) is 0 Å². The number of nitrogens with one attached hydrogen (secondary N) is 1. The Balaban J connectivity index is 2.44. The minimum Gasteiger partial charge on any atom is -0.319 e. The van der Waals surface area contributed by atoms with E-state index in [0.29, 0.717) is 12.0 Å². The van der Waals surface area contributed by atoms with Crippen molar-refractivity contribution in [1.82, 2.24) is 10.2 Å². The fourth-order valence-corrected chi connectivity index (χ4v) is 2.53. The van der Waals surface area contributed by atoms with Gasteiger partial charge in [-0.3, -0.25) is 4.79 Å². The van der Waals surface area contributed by atoms with Gasteiger partial charge in [-0.25, -0.2) is 14.1 Å². The number of carbonyl (C=O) groups excluding carboxylic acids is 2. The van der Waals surface area contributed by atoms with Crippen molar-refractivity contribution in [2.24, 2.45) is 0 Å². The molecule has 2 rings (SSSR count). The van der Waals surface area contributed by atoms with Crippen molar-refractivity contribution in [1.29, 1.82) is 5.26 Å². The van der Waals surface area contributed by atoms with E-state index in [9.17, 15) is 14.0 Å². The van der Waals surface area contributed by atoms with Crippen LogP contribution in [0.4, 0.5) is 9.18 Å². The Hall–Kier alpha value is -2.42. The molecular formula is C15H16FN3O2. The van der Waals surface area contributed by atoms with Crippen LogP contribution in [-0.4, -0.2) is 23.4 Å². The summed E-state index contributed by atoms with van der Waals surface area (Å²) in [4.78, 5) is 25.5. The van der Waals surface area contributed by atoms with E-state index in [1.165, 1.54) is 24.3 Å². The van der Waals surface area contributed by atoms with Crippen LogP contribution in [0.3, 0.4) is 0 Å². The van der Waals surface area contributed by atoms with Crippen molar-refractivity contribution >= 4 is 11.9 Å². The zero-order chi connectivity index (χ0) is 15.5. The minimum absolute atomic E-state index is 0.292. The number of amides is 3. The lowest BCUT2D eigenvalue weighted by Crippen LogP contribution is -2.44. The van der Waals surface area contributed by atoms with Gasteiger partial charge >= 0.3 is 6.03 Å². The molecule has 0 spiro atoms. The lowest BCUT2D eigenvalue weighted by atomic mass is 9.85. The van der Waals surface area contributed by atoms with E-state index < -0.39 is 23.3 Å². The van der Waals surface area contributed by atoms with E-state index in [1.54, 1.807) is 0 Å². The predicted octanol–water partition coefficient (Wildman–Crippen LogP) is 2.29. The number of nitriles is 1. The zero-order valence-electron chi connectivity index (χ0n) is 11.7. The molecule has 1 saturated heterocycles. The maximum atomic E-state index is 13.1. The van der Waals surface area contributed by atoms with Gasteiger partial charge in [0.1, 0.15) is 17.9 Å². The molecule has 1 heterocycles. The first-order valence-electron chi connectivity index (χ1n) is 6.82. The van der Waals surface area contributed by atoms with E-state index in [0.717, 1.165) is 17.7 Å². The Kier molecular flexibility index (Phi) is 4.22. The molecule has 1 N–H and O–H groups in total. The number of hydrogen-bond donors (Lipinski definition) is 1. The van der Waals surface area contributed by atoms with Crippen LogP contribution in [0, 0.1) is 17.1 Å². The summed E-state index contributed by atoms with van der Waals surface area (Å²) in [5.41, 5.74) is -0.659. The molecule has 21 heavy (non-hydrogen) atoms. The van der Waals surface area contributed by atoms with Crippen molar-refractivity contribution in [3.05, 3.63) is 35.6 Å². The van der Waals surface area contributed by atoms with Crippen LogP contribution in [0.5, 0.6) is 0 Å². The molecular weight excluding hydrogens is 273 g/mol. The first kappa shape index (κ1) is 15.0. The predicted molar refractivity (Wildman–Crippen MR) is 73.5 cm³/mol. The van der Waals surface area contributed by atoms with Gasteiger partial charge in [-0.15, -0.1) is 0 Å². The molecule has 0 bridgehead atoms. The second-order valence-electron chi connectivity index (χ2n) is 5.00. The molecule has 1 aromatic rings. The van der Waals surface area contributed by atoms with Crippen LogP contribution in [0.2, 0.25) is 0 Å². The Morgan fingerprint density at radius 3 is 2.57 bits per heavy atom. The molecule has 3 amide bonds. The molecule has 0 saturated carbocycles. The molecule has 6 heteroatoms. The lowest BCUT2D eigenvalue weighted by molar-refractivity contribution is -0.131. The van der Waals surface area contributed by atoms with Gasteiger partial charge in [0.05, 0.1) is 6.07 Å². The average molecular weight is 289 g/mol. The number of carbonyl (C=O) groups is 2. The SMILES string of the molecule is CCCC[C@@]1(c2ccc(F)cc2)NC(=O)N(CC#N)C1=O. The smallest absolute Gasteiger partial charge is 0.319 e. The highest BCUT2D eigenvalue weighted by atomic mass is 19.1. The lowest BCUT2D eigenvalue weighted by Gasteiger charge is -2.27. The molecule has 1 aromatic carbocycles. The number of hydrogen-bond acceptors (Lipinski definition) is 3. The largest absolute Gasteiger partial charge is 0.326 e. The number of benzene rings is 1. The van der Waals surface area contributed by atoms with Crippen molar-refractivity contribution in [3.8, 4) is 6.07 Å². The number of rotatable bonds is 5. The number of nitrogens with zero attached hydrogens (tertiary/aromatic N) is 2. The topological polar surface area (TPSA) is 73.2 Å². The third-order valence-corrected chi connectivity index (χ3v) is 3.65. The first-order valence-corrected chi connectivity index (χ1v) is 6.82. The van der Waals surface area contributed by atoms with Crippen LogP contribution in [-0.2, 0) is 10.3 Å². The Labute approximate surface area is 122 Å². The summed E-state index contributed by atoms with van der Waals surface area (Å²) in [6.45, 7) is 1.69. The Bertz CT molecular complexity index is 594. The number of halogens is 1. The standard InChI is InChI=1S/C15H16FN3O2/c1-2-3-8-15(11-4-6-12(16)7-5-11)13(20)19(10-9-17)14(21)18-15/h4-7H,2-3,8,10H2,1H3,(H,18,21)/t15-/m0/s1. The van der Waals surface area contributed by atoms with Crippen LogP contribution < -0.4 is 5.32 Å². The molecule has 1 atom stereocenters. The third kappa shape index (κ3) is 2.59. The molecule has 5 nitrogen and oxygen atoms in total. The molecule has 0 radical (unpaired) electrons. The normalized spacial score (nSPS) is 21.3. The maximum absolute atomic E-state index is 13.1. The van der Waals surface area contributed by atoms with Crippen LogP contribution in [0.25, 0.3) is 0 Å². The van der Waals surface area contributed by atoms with Gasteiger partial charge in [-0.2, -0.15) is 5.26 Å². The van der Waals surface area contributed by atoms with Crippen molar-refractivity contribution in [3.63, 3.8) is 0 Å². The molecule has 1 aliphatic heterocycles. The average Bonchev–Trinajstić information content (AvgIpc) is 2.71. The fourth-order valence-electron chi connectivity index (χ4n) is 2.53. The summed E-state index contributed by atoms with van der Waals surface area (Å²) in [7, 11) is 0. The zero-order valence-corrected chi connectivity index (χ0v) is 11.7. The highest BCUT2D eigenvalue weighted by Crippen LogP contribution is 2.34. The maximum Gasteiger partial charge on any atom is 0.326 e. The van der Waals surface area contributed by atoms with Gasteiger partial charge < -0.3 is 5.32 Å². The molecule has 1 aliphatic rings. The number of imide groups is 1. The summed E-state index contributed by atoms with van der Waals surface area (Å²) in [5, 5.41) is 11.4. The molecule has 0 aliphatic carbocycles. The number of unbranched alkanes of at least 4 members (excludes halogenated alkanes) is 1. The van der Waals surface area contributed by atoms with Gasteiger partial charge in [0.15, 0.2) is 0 Å². The number of urea groups is 1. The molecule has 1 fully saturated rings. The van der Waals surface area contributed by atoms with Crippen LogP contribution >= 0.6 is 0 Å². The summed E-state index contributed by atoms with van der Waals surface area (Å²) in [5.74, 6) is -0.857. The molecule has 0 unspecified atom stereocenters. The van der Waals surface area contributed by atoms with E-state index >= 15 is 0 Å². The van der Waals surface area contributed by atoms with E-state index in [4.69, 9.17) is 5.26 Å². The molecule has 110 valence electrons. The van der Waals surface area contributed by atoms with E-state index in [2.05, 4.69) is 5.32 Å². The van der Waals surface area contributed by atoms with Crippen molar-refractivity contribution < 1.29 is 14.0 Å². The van der Waals surface area contributed by atoms with Gasteiger partial charge in [-0.05, 0) is 24.1 Å². The highest BCUT2D eigenvalue weighted by Gasteiger charge is 2.51. The summed E-state index contributed by atoms with van der Waals surface area (Å²) >= 11 is 0. The Morgan fingerprint density at radius 2 is 2.00 bits per heavy atom. The third-order valence-electron chi connectivity index (χ3n) is 3.65. The highest BCUT2D eigenvalue weighted by molar-refractivity contribution is 6.07. The fraction of sp³-hybridized carbons (Fsp3) is 0.400.